The molecule has 0 spiro atoms. The molecule has 0 aromatic heterocycles. The second kappa shape index (κ2) is 5.62. The molecule has 1 aliphatic heterocycles. The fraction of sp³-hybridized carbons (Fsp3) is 0.917. The van der Waals surface area contributed by atoms with Gasteiger partial charge in [0.15, 0.2) is 0 Å². The highest BCUT2D eigenvalue weighted by Gasteiger charge is 2.25. The molecular formula is C12H24N4. The van der Waals surface area contributed by atoms with Crippen molar-refractivity contribution in [2.75, 3.05) is 40.3 Å². The SMILES string of the molecule is CNC(C)(C#N)CCN1CCN(C)C(C)C1. The van der Waals surface area contributed by atoms with Crippen molar-refractivity contribution < 1.29 is 0 Å². The number of nitriles is 1. The van der Waals surface area contributed by atoms with Gasteiger partial charge in [-0.3, -0.25) is 0 Å². The largest absolute Gasteiger partial charge is 0.303 e. The molecule has 16 heavy (non-hydrogen) atoms. The molecular weight excluding hydrogens is 200 g/mol. The predicted molar refractivity (Wildman–Crippen MR) is 66.2 cm³/mol. The Morgan fingerprint density at radius 3 is 2.69 bits per heavy atom. The Balaban J connectivity index is 2.37. The summed E-state index contributed by atoms with van der Waals surface area (Å²) >= 11 is 0. The van der Waals surface area contributed by atoms with Gasteiger partial charge in [0, 0.05) is 32.2 Å². The monoisotopic (exact) mass is 224 g/mol. The molecule has 1 rings (SSSR count). The molecule has 4 nitrogen and oxygen atoms in total. The Hall–Kier alpha value is -0.630. The second-order valence-electron chi connectivity index (χ2n) is 5.07. The lowest BCUT2D eigenvalue weighted by molar-refractivity contribution is 0.100. The van der Waals surface area contributed by atoms with Crippen LogP contribution in [-0.2, 0) is 0 Å². The molecule has 0 bridgehead atoms. The summed E-state index contributed by atoms with van der Waals surface area (Å²) in [4.78, 5) is 4.84. The third kappa shape index (κ3) is 3.44. The fourth-order valence-electron chi connectivity index (χ4n) is 1.95. The topological polar surface area (TPSA) is 42.3 Å². The van der Waals surface area contributed by atoms with E-state index in [1.165, 1.54) is 0 Å². The third-order valence-electron chi connectivity index (χ3n) is 3.77. The van der Waals surface area contributed by atoms with E-state index in [4.69, 9.17) is 5.26 Å². The summed E-state index contributed by atoms with van der Waals surface area (Å²) in [7, 11) is 4.03. The van der Waals surface area contributed by atoms with Gasteiger partial charge < -0.3 is 15.1 Å². The molecule has 92 valence electrons. The van der Waals surface area contributed by atoms with E-state index in [1.54, 1.807) is 0 Å². The molecule has 1 aliphatic rings. The molecule has 0 amide bonds. The van der Waals surface area contributed by atoms with Gasteiger partial charge in [0.2, 0.25) is 0 Å². The third-order valence-corrected chi connectivity index (χ3v) is 3.77. The standard InChI is InChI=1S/C12H24N4/c1-11-9-16(8-7-15(11)4)6-5-12(2,10-13)14-3/h11,14H,5-9H2,1-4H3. The molecule has 2 unspecified atom stereocenters. The van der Waals surface area contributed by atoms with Crippen molar-refractivity contribution in [2.24, 2.45) is 0 Å². The summed E-state index contributed by atoms with van der Waals surface area (Å²) < 4.78 is 0. The number of nitrogens with zero attached hydrogens (tertiary/aromatic N) is 3. The Bertz CT molecular complexity index is 260. The Labute approximate surface area is 99.2 Å². The van der Waals surface area contributed by atoms with Crippen LogP contribution in [0.15, 0.2) is 0 Å². The van der Waals surface area contributed by atoms with Gasteiger partial charge >= 0.3 is 0 Å². The van der Waals surface area contributed by atoms with Gasteiger partial charge in [-0.25, -0.2) is 0 Å². The fourth-order valence-corrected chi connectivity index (χ4v) is 1.95. The molecule has 1 saturated heterocycles. The normalized spacial score (nSPS) is 27.3. The molecule has 0 aliphatic carbocycles. The lowest BCUT2D eigenvalue weighted by atomic mass is 9.99. The van der Waals surface area contributed by atoms with Crippen molar-refractivity contribution in [3.05, 3.63) is 0 Å². The molecule has 0 aromatic rings. The summed E-state index contributed by atoms with van der Waals surface area (Å²) in [6, 6.07) is 2.96. The smallest absolute Gasteiger partial charge is 0.104 e. The molecule has 0 aromatic carbocycles. The lowest BCUT2D eigenvalue weighted by Gasteiger charge is -2.38. The van der Waals surface area contributed by atoms with E-state index in [-0.39, 0.29) is 5.54 Å². The van der Waals surface area contributed by atoms with Crippen LogP contribution in [0.4, 0.5) is 0 Å². The Morgan fingerprint density at radius 1 is 1.50 bits per heavy atom. The summed E-state index contributed by atoms with van der Waals surface area (Å²) in [5.74, 6) is 0. The van der Waals surface area contributed by atoms with Gasteiger partial charge in [0.05, 0.1) is 6.07 Å². The van der Waals surface area contributed by atoms with Crippen molar-refractivity contribution in [3.8, 4) is 6.07 Å². The van der Waals surface area contributed by atoms with Crippen molar-refractivity contribution in [1.82, 2.24) is 15.1 Å². The van der Waals surface area contributed by atoms with Crippen LogP contribution in [-0.4, -0.2) is 61.7 Å². The molecule has 4 heteroatoms. The minimum atomic E-state index is -0.382. The highest BCUT2D eigenvalue weighted by molar-refractivity contribution is 5.03. The van der Waals surface area contributed by atoms with Gasteiger partial charge in [-0.2, -0.15) is 5.26 Å². The minimum absolute atomic E-state index is 0.382. The maximum Gasteiger partial charge on any atom is 0.104 e. The average molecular weight is 224 g/mol. The maximum atomic E-state index is 9.07. The summed E-state index contributed by atoms with van der Waals surface area (Å²) in [6.07, 6.45) is 0.885. The molecule has 1 N–H and O–H groups in total. The van der Waals surface area contributed by atoms with Crippen molar-refractivity contribution >= 4 is 0 Å². The highest BCUT2D eigenvalue weighted by Crippen LogP contribution is 2.12. The van der Waals surface area contributed by atoms with E-state index in [2.05, 4.69) is 35.2 Å². The van der Waals surface area contributed by atoms with Crippen LogP contribution in [0.5, 0.6) is 0 Å². The van der Waals surface area contributed by atoms with Gasteiger partial charge in [0.1, 0.15) is 5.54 Å². The first-order valence-electron chi connectivity index (χ1n) is 6.03. The molecule has 1 heterocycles. The van der Waals surface area contributed by atoms with Crippen LogP contribution in [0.25, 0.3) is 0 Å². The number of likely N-dealkylation sites (N-methyl/N-ethyl adjacent to an activating group) is 1. The summed E-state index contributed by atoms with van der Waals surface area (Å²) in [5, 5.41) is 12.2. The zero-order chi connectivity index (χ0) is 12.2. The quantitative estimate of drug-likeness (QED) is 0.756. The summed E-state index contributed by atoms with van der Waals surface area (Å²) in [6.45, 7) is 8.58. The van der Waals surface area contributed by atoms with Gasteiger partial charge in [-0.05, 0) is 34.4 Å². The first-order valence-corrected chi connectivity index (χ1v) is 6.03. The van der Waals surface area contributed by atoms with Crippen LogP contribution in [0.3, 0.4) is 0 Å². The Kier molecular flexibility index (Phi) is 4.72. The highest BCUT2D eigenvalue weighted by atomic mass is 15.3. The van der Waals surface area contributed by atoms with E-state index in [0.717, 1.165) is 32.6 Å². The van der Waals surface area contributed by atoms with Crippen LogP contribution in [0.1, 0.15) is 20.3 Å². The minimum Gasteiger partial charge on any atom is -0.303 e. The van der Waals surface area contributed by atoms with E-state index < -0.39 is 0 Å². The first-order chi connectivity index (χ1) is 7.50. The zero-order valence-electron chi connectivity index (χ0n) is 11.0. The first kappa shape index (κ1) is 13.4. The maximum absolute atomic E-state index is 9.07. The second-order valence-corrected chi connectivity index (χ2v) is 5.07. The van der Waals surface area contributed by atoms with Crippen LogP contribution in [0, 0.1) is 11.3 Å². The van der Waals surface area contributed by atoms with Crippen molar-refractivity contribution in [2.45, 2.75) is 31.8 Å². The zero-order valence-corrected chi connectivity index (χ0v) is 11.0. The van der Waals surface area contributed by atoms with Gasteiger partial charge in [-0.15, -0.1) is 0 Å². The molecule has 0 saturated carbocycles. The lowest BCUT2D eigenvalue weighted by Crippen LogP contribution is -2.51. The average Bonchev–Trinajstić information content (AvgIpc) is 2.30. The van der Waals surface area contributed by atoms with Crippen molar-refractivity contribution in [1.29, 1.82) is 5.26 Å². The molecule has 0 radical (unpaired) electrons. The van der Waals surface area contributed by atoms with Crippen LogP contribution in [0.2, 0.25) is 0 Å². The number of rotatable bonds is 4. The van der Waals surface area contributed by atoms with Crippen LogP contribution < -0.4 is 5.32 Å². The number of piperazine rings is 1. The Morgan fingerprint density at radius 2 is 2.19 bits per heavy atom. The summed E-state index contributed by atoms with van der Waals surface area (Å²) in [5.41, 5.74) is -0.382. The number of hydrogen-bond acceptors (Lipinski definition) is 4. The van der Waals surface area contributed by atoms with Gasteiger partial charge in [-0.1, -0.05) is 0 Å². The number of hydrogen-bond donors (Lipinski definition) is 1. The van der Waals surface area contributed by atoms with E-state index in [9.17, 15) is 0 Å². The van der Waals surface area contributed by atoms with Crippen molar-refractivity contribution in [3.63, 3.8) is 0 Å². The van der Waals surface area contributed by atoms with Gasteiger partial charge in [0.25, 0.3) is 0 Å². The van der Waals surface area contributed by atoms with Crippen LogP contribution >= 0.6 is 0 Å². The van der Waals surface area contributed by atoms with E-state index in [1.807, 2.05) is 14.0 Å². The molecule has 1 fully saturated rings. The van der Waals surface area contributed by atoms with E-state index >= 15 is 0 Å². The predicted octanol–water partition coefficient (Wildman–Crippen LogP) is 0.514. The number of nitrogens with one attached hydrogen (secondary N) is 1. The van der Waals surface area contributed by atoms with E-state index in [0.29, 0.717) is 6.04 Å². The molecule has 2 atom stereocenters.